The number of amides is 1. The summed E-state index contributed by atoms with van der Waals surface area (Å²) in [5, 5.41) is 0. The van der Waals surface area contributed by atoms with Crippen LogP contribution in [0.25, 0.3) is 0 Å². The van der Waals surface area contributed by atoms with Gasteiger partial charge in [0.05, 0.1) is 10.6 Å². The van der Waals surface area contributed by atoms with Crippen molar-refractivity contribution in [1.82, 2.24) is 0 Å². The largest absolute Gasteiger partial charge is 0.306 e. The number of carbonyl (C=O) groups excluding carboxylic acids is 1. The van der Waals surface area contributed by atoms with Gasteiger partial charge in [-0.2, -0.15) is 0 Å². The van der Waals surface area contributed by atoms with E-state index in [1.165, 1.54) is 12.1 Å². The molecule has 0 radical (unpaired) electrons. The molecule has 4 nitrogen and oxygen atoms in total. The van der Waals surface area contributed by atoms with E-state index in [-0.39, 0.29) is 22.6 Å². The van der Waals surface area contributed by atoms with E-state index in [0.717, 1.165) is 16.8 Å². The quantitative estimate of drug-likeness (QED) is 0.806. The molecule has 0 spiro atoms. The molecule has 0 unspecified atom stereocenters. The van der Waals surface area contributed by atoms with Gasteiger partial charge in [0.1, 0.15) is 0 Å². The third-order valence-corrected chi connectivity index (χ3v) is 5.95. The molecule has 0 heterocycles. The first-order chi connectivity index (χ1) is 11.7. The molecule has 2 aromatic carbocycles. The highest BCUT2D eigenvalue weighted by atomic mass is 32.2. The number of anilines is 1. The number of benzene rings is 2. The molecule has 0 aromatic heterocycles. The van der Waals surface area contributed by atoms with Gasteiger partial charge in [0, 0.05) is 17.3 Å². The highest BCUT2D eigenvalue weighted by Crippen LogP contribution is 2.26. The van der Waals surface area contributed by atoms with E-state index in [1.807, 2.05) is 45.9 Å². The fraction of sp³-hybridized carbons (Fsp3) is 0.350. The van der Waals surface area contributed by atoms with Crippen LogP contribution in [0.4, 0.5) is 5.69 Å². The first-order valence-electron chi connectivity index (χ1n) is 8.41. The lowest BCUT2D eigenvalue weighted by atomic mass is 10.1. The molecule has 2 aromatic rings. The topological polar surface area (TPSA) is 54.5 Å². The van der Waals surface area contributed by atoms with Crippen LogP contribution in [0, 0.1) is 13.8 Å². The molecule has 0 aliphatic heterocycles. The Morgan fingerprint density at radius 1 is 1.04 bits per heavy atom. The number of rotatable bonds is 5. The van der Waals surface area contributed by atoms with Crippen LogP contribution in [0.3, 0.4) is 0 Å². The molecule has 1 amide bonds. The third-order valence-electron chi connectivity index (χ3n) is 4.20. The van der Waals surface area contributed by atoms with Crippen molar-refractivity contribution >= 4 is 21.4 Å². The zero-order chi connectivity index (χ0) is 18.8. The molecule has 2 rings (SSSR count). The van der Waals surface area contributed by atoms with Gasteiger partial charge in [-0.1, -0.05) is 19.1 Å². The van der Waals surface area contributed by atoms with Crippen LogP contribution in [0.5, 0.6) is 0 Å². The van der Waals surface area contributed by atoms with Gasteiger partial charge < -0.3 is 4.90 Å². The van der Waals surface area contributed by atoms with E-state index in [0.29, 0.717) is 5.56 Å². The minimum Gasteiger partial charge on any atom is -0.306 e. The summed E-state index contributed by atoms with van der Waals surface area (Å²) in [6.07, 6.45) is 0. The first kappa shape index (κ1) is 19.2. The van der Waals surface area contributed by atoms with Crippen LogP contribution < -0.4 is 4.90 Å². The van der Waals surface area contributed by atoms with E-state index in [2.05, 4.69) is 0 Å². The summed E-state index contributed by atoms with van der Waals surface area (Å²) in [6.45, 7) is 9.52. The predicted octanol–water partition coefficient (Wildman–Crippen LogP) is 4.15. The smallest absolute Gasteiger partial charge is 0.258 e. The molecular formula is C20H25NO3S. The Hall–Kier alpha value is -2.14. The molecule has 25 heavy (non-hydrogen) atoms. The maximum absolute atomic E-state index is 13.1. The number of hydrogen-bond donors (Lipinski definition) is 0. The average Bonchev–Trinajstić information content (AvgIpc) is 2.58. The van der Waals surface area contributed by atoms with E-state index in [4.69, 9.17) is 0 Å². The Labute approximate surface area is 150 Å². The highest BCUT2D eigenvalue weighted by molar-refractivity contribution is 7.91. The van der Waals surface area contributed by atoms with Crippen LogP contribution in [-0.2, 0) is 9.84 Å². The molecule has 0 aliphatic rings. The van der Waals surface area contributed by atoms with Crippen molar-refractivity contribution in [1.29, 1.82) is 0 Å². The number of aryl methyl sites for hydroxylation is 2. The van der Waals surface area contributed by atoms with Crippen molar-refractivity contribution < 1.29 is 13.2 Å². The second-order valence-corrected chi connectivity index (χ2v) is 8.76. The van der Waals surface area contributed by atoms with Gasteiger partial charge in [0.2, 0.25) is 0 Å². The van der Waals surface area contributed by atoms with Gasteiger partial charge in [-0.3, -0.25) is 4.79 Å². The van der Waals surface area contributed by atoms with Crippen LogP contribution in [0.15, 0.2) is 47.4 Å². The summed E-state index contributed by atoms with van der Waals surface area (Å²) in [6, 6.07) is 12.2. The van der Waals surface area contributed by atoms with Gasteiger partial charge >= 0.3 is 0 Å². The number of hydrogen-bond acceptors (Lipinski definition) is 3. The fourth-order valence-electron chi connectivity index (χ4n) is 2.71. The minimum atomic E-state index is -3.27. The summed E-state index contributed by atoms with van der Waals surface area (Å²) in [7, 11) is -3.27. The lowest BCUT2D eigenvalue weighted by Crippen LogP contribution is -2.37. The molecule has 0 saturated carbocycles. The molecule has 0 N–H and O–H groups in total. The monoisotopic (exact) mass is 359 g/mol. The summed E-state index contributed by atoms with van der Waals surface area (Å²) in [5.41, 5.74) is 3.47. The molecule has 0 aliphatic carbocycles. The molecule has 0 fully saturated rings. The Morgan fingerprint density at radius 3 is 2.16 bits per heavy atom. The minimum absolute atomic E-state index is 0.0212. The predicted molar refractivity (Wildman–Crippen MR) is 102 cm³/mol. The standard InChI is InChI=1S/C20H25NO3S/c1-6-25(23,24)18-11-9-17(10-12-18)20(22)21(14(2)3)19-13-15(4)7-8-16(19)5/h7-14H,6H2,1-5H3. The Bertz CT molecular complexity index is 868. The first-order valence-corrected chi connectivity index (χ1v) is 10.1. The van der Waals surface area contributed by atoms with Crippen molar-refractivity contribution in [3.05, 3.63) is 59.2 Å². The lowest BCUT2D eigenvalue weighted by molar-refractivity contribution is 0.0980. The average molecular weight is 359 g/mol. The molecule has 134 valence electrons. The maximum Gasteiger partial charge on any atom is 0.258 e. The van der Waals surface area contributed by atoms with E-state index in [9.17, 15) is 13.2 Å². The molecule has 0 bridgehead atoms. The Balaban J connectivity index is 2.43. The summed E-state index contributed by atoms with van der Waals surface area (Å²) < 4.78 is 23.9. The Morgan fingerprint density at radius 2 is 1.64 bits per heavy atom. The summed E-state index contributed by atoms with van der Waals surface area (Å²) in [4.78, 5) is 15.1. The maximum atomic E-state index is 13.1. The van der Waals surface area contributed by atoms with Crippen LogP contribution in [0.2, 0.25) is 0 Å². The number of sulfone groups is 1. The second kappa shape index (κ2) is 7.40. The van der Waals surface area contributed by atoms with Crippen LogP contribution in [-0.4, -0.2) is 26.1 Å². The third kappa shape index (κ3) is 4.10. The van der Waals surface area contributed by atoms with Gasteiger partial charge in [-0.15, -0.1) is 0 Å². The summed E-state index contributed by atoms with van der Waals surface area (Å²) in [5.74, 6) is -0.0925. The van der Waals surface area contributed by atoms with E-state index in [1.54, 1.807) is 24.0 Å². The van der Waals surface area contributed by atoms with Crippen molar-refractivity contribution in [2.24, 2.45) is 0 Å². The van der Waals surface area contributed by atoms with Crippen molar-refractivity contribution in [2.45, 2.75) is 45.6 Å². The van der Waals surface area contributed by atoms with E-state index < -0.39 is 9.84 Å². The zero-order valence-corrected chi connectivity index (χ0v) is 16.2. The molecule has 0 saturated heterocycles. The van der Waals surface area contributed by atoms with Gasteiger partial charge in [0.25, 0.3) is 5.91 Å². The summed E-state index contributed by atoms with van der Waals surface area (Å²) >= 11 is 0. The molecular weight excluding hydrogens is 334 g/mol. The van der Waals surface area contributed by atoms with Crippen molar-refractivity contribution in [3.63, 3.8) is 0 Å². The fourth-order valence-corrected chi connectivity index (χ4v) is 3.60. The zero-order valence-electron chi connectivity index (χ0n) is 15.4. The molecule has 5 heteroatoms. The van der Waals surface area contributed by atoms with Crippen molar-refractivity contribution in [2.75, 3.05) is 10.7 Å². The van der Waals surface area contributed by atoms with Crippen LogP contribution in [0.1, 0.15) is 42.3 Å². The lowest BCUT2D eigenvalue weighted by Gasteiger charge is -2.29. The molecule has 0 atom stereocenters. The highest BCUT2D eigenvalue weighted by Gasteiger charge is 2.23. The SMILES string of the molecule is CCS(=O)(=O)c1ccc(C(=O)N(c2cc(C)ccc2C)C(C)C)cc1. The van der Waals surface area contributed by atoms with Crippen molar-refractivity contribution in [3.8, 4) is 0 Å². The van der Waals surface area contributed by atoms with Gasteiger partial charge in [0.15, 0.2) is 9.84 Å². The number of nitrogens with zero attached hydrogens (tertiary/aromatic N) is 1. The Kier molecular flexibility index (Phi) is 5.68. The normalized spacial score (nSPS) is 11.6. The van der Waals surface area contributed by atoms with Crippen LogP contribution >= 0.6 is 0 Å². The van der Waals surface area contributed by atoms with Gasteiger partial charge in [-0.05, 0) is 69.2 Å². The van der Waals surface area contributed by atoms with E-state index >= 15 is 0 Å². The number of carbonyl (C=O) groups is 1. The second-order valence-electron chi connectivity index (χ2n) is 6.49. The van der Waals surface area contributed by atoms with Gasteiger partial charge in [-0.25, -0.2) is 8.42 Å².